The van der Waals surface area contributed by atoms with E-state index in [9.17, 15) is 14.4 Å². The average molecular weight is 605 g/mol. The molecule has 14 nitrogen and oxygen atoms in total. The Hall–Kier alpha value is -5.14. The van der Waals surface area contributed by atoms with E-state index in [2.05, 4.69) is 54.6 Å². The highest BCUT2D eigenvalue weighted by molar-refractivity contribution is 6.10. The topological polar surface area (TPSA) is 180 Å². The number of aromatic nitrogens is 5. The maximum atomic E-state index is 12.8. The Morgan fingerprint density at radius 2 is 1.55 bits per heavy atom. The molecular formula is C30H38N9O5+. The van der Waals surface area contributed by atoms with Gasteiger partial charge in [-0.05, 0) is 72.2 Å². The average Bonchev–Trinajstić information content (AvgIpc) is 3.37. The van der Waals surface area contributed by atoms with Crippen molar-refractivity contribution in [2.24, 2.45) is 17.3 Å². The van der Waals surface area contributed by atoms with Gasteiger partial charge in [0, 0.05) is 11.4 Å². The minimum absolute atomic E-state index is 0.310. The van der Waals surface area contributed by atoms with Crippen LogP contribution in [-0.2, 0) is 16.6 Å². The van der Waals surface area contributed by atoms with Gasteiger partial charge in [0.1, 0.15) is 0 Å². The molecule has 0 saturated carbocycles. The quantitative estimate of drug-likeness (QED) is 0.0618. The number of ketones is 1. The fourth-order valence-corrected chi connectivity index (χ4v) is 4.08. The normalized spacial score (nSPS) is 11.9. The highest BCUT2D eigenvalue weighted by atomic mass is 16.5. The Balaban J connectivity index is 1.43. The van der Waals surface area contributed by atoms with Gasteiger partial charge >= 0.3 is 23.7 Å². The Bertz CT molecular complexity index is 1660. The predicted molar refractivity (Wildman–Crippen MR) is 165 cm³/mol. The SMILES string of the molecule is CCCCCOc1nc(Nc2ccc(N=NC(C(C)=O)C(=O)Nc3ccc4[nH]c(=O)[nH]c4c3)cc2)nc(OCCCC)[n+]1C. The van der Waals surface area contributed by atoms with Crippen LogP contribution in [0.3, 0.4) is 0 Å². The second-order valence-corrected chi connectivity index (χ2v) is 10.2. The first-order valence-corrected chi connectivity index (χ1v) is 14.6. The van der Waals surface area contributed by atoms with Gasteiger partial charge in [0.25, 0.3) is 5.91 Å². The first-order valence-electron chi connectivity index (χ1n) is 14.6. The number of anilines is 3. The molecule has 232 valence electrons. The lowest BCUT2D eigenvalue weighted by Gasteiger charge is -2.10. The van der Waals surface area contributed by atoms with Crippen molar-refractivity contribution in [3.05, 3.63) is 52.9 Å². The van der Waals surface area contributed by atoms with Crippen molar-refractivity contribution in [1.29, 1.82) is 0 Å². The molecule has 4 rings (SSSR count). The van der Waals surface area contributed by atoms with Crippen molar-refractivity contribution in [2.75, 3.05) is 23.8 Å². The van der Waals surface area contributed by atoms with Gasteiger partial charge in [0.05, 0.1) is 37.0 Å². The van der Waals surface area contributed by atoms with Crippen LogP contribution in [0.15, 0.2) is 57.5 Å². The third-order valence-corrected chi connectivity index (χ3v) is 6.51. The standard InChI is InChI=1S/C30H37N9O5/c1-5-7-9-17-44-30-36-27(35-29(39(30)4)43-16-8-6-2)32-20-10-12-21(13-11-20)37-38-25(19(3)40)26(41)31-22-14-15-23-24(18-22)34-28(42)33-23/h10-15,18,25H,5-9,16-17H2,1-4H3,(H3,31,33,34,37,38,41,42)/p+1. The van der Waals surface area contributed by atoms with Crippen LogP contribution in [0.1, 0.15) is 52.9 Å². The van der Waals surface area contributed by atoms with Gasteiger partial charge in [0.15, 0.2) is 5.78 Å². The van der Waals surface area contributed by atoms with Crippen LogP contribution >= 0.6 is 0 Å². The number of hydrogen-bond acceptors (Lipinski definition) is 10. The lowest BCUT2D eigenvalue weighted by Crippen LogP contribution is -2.36. The smallest absolute Gasteiger partial charge is 0.441 e. The number of azo groups is 1. The molecule has 0 aliphatic carbocycles. The van der Waals surface area contributed by atoms with Crippen molar-refractivity contribution < 1.29 is 23.6 Å². The van der Waals surface area contributed by atoms with Gasteiger partial charge < -0.3 is 24.8 Å². The summed E-state index contributed by atoms with van der Waals surface area (Å²) in [7, 11) is 1.80. The van der Waals surface area contributed by atoms with Gasteiger partial charge in [-0.2, -0.15) is 14.8 Å². The first kappa shape index (κ1) is 31.8. The fraction of sp³-hybridized carbons (Fsp3) is 0.400. The molecule has 2 aromatic heterocycles. The Kier molecular flexibility index (Phi) is 11.1. The summed E-state index contributed by atoms with van der Waals surface area (Å²) in [5.74, 6) is -0.805. The van der Waals surface area contributed by atoms with Crippen molar-refractivity contribution in [1.82, 2.24) is 19.9 Å². The van der Waals surface area contributed by atoms with E-state index in [1.54, 1.807) is 54.1 Å². The number of carbonyl (C=O) groups is 2. The van der Waals surface area contributed by atoms with Crippen LogP contribution in [0.4, 0.5) is 23.0 Å². The number of aromatic amines is 2. The summed E-state index contributed by atoms with van der Waals surface area (Å²) in [5, 5.41) is 13.9. The van der Waals surface area contributed by atoms with Crippen molar-refractivity contribution in [3.8, 4) is 12.0 Å². The maximum absolute atomic E-state index is 12.8. The van der Waals surface area contributed by atoms with Crippen LogP contribution in [0.5, 0.6) is 12.0 Å². The molecule has 1 atom stereocenters. The minimum Gasteiger partial charge on any atom is -0.441 e. The van der Waals surface area contributed by atoms with Crippen molar-refractivity contribution in [2.45, 2.75) is 58.9 Å². The van der Waals surface area contributed by atoms with Crippen LogP contribution in [0.25, 0.3) is 11.0 Å². The molecule has 4 N–H and O–H groups in total. The van der Waals surface area contributed by atoms with E-state index in [1.165, 1.54) is 6.92 Å². The fourth-order valence-electron chi connectivity index (χ4n) is 4.08. The van der Waals surface area contributed by atoms with Crippen molar-refractivity contribution >= 4 is 45.7 Å². The Morgan fingerprint density at radius 1 is 0.909 bits per heavy atom. The molecule has 0 fully saturated rings. The molecule has 4 aromatic rings. The third kappa shape index (κ3) is 8.69. The number of imidazole rings is 1. The second kappa shape index (κ2) is 15.4. The first-order chi connectivity index (χ1) is 21.3. The summed E-state index contributed by atoms with van der Waals surface area (Å²) in [5.41, 5.74) is 2.27. The molecule has 0 saturated heterocycles. The third-order valence-electron chi connectivity index (χ3n) is 6.51. The van der Waals surface area contributed by atoms with Gasteiger partial charge in [-0.15, -0.1) is 0 Å². The number of fused-ring (bicyclic) bond motifs is 1. The Morgan fingerprint density at radius 3 is 2.20 bits per heavy atom. The number of carbonyl (C=O) groups excluding carboxylic acids is 2. The molecule has 14 heteroatoms. The van der Waals surface area contributed by atoms with Gasteiger partial charge in [0.2, 0.25) is 6.04 Å². The van der Waals surface area contributed by atoms with E-state index >= 15 is 0 Å². The molecule has 44 heavy (non-hydrogen) atoms. The van der Waals surface area contributed by atoms with E-state index in [0.29, 0.717) is 59.3 Å². The summed E-state index contributed by atoms with van der Waals surface area (Å²) in [6.45, 7) is 6.56. The number of rotatable bonds is 16. The molecule has 0 radical (unpaired) electrons. The monoisotopic (exact) mass is 604 g/mol. The lowest BCUT2D eigenvalue weighted by molar-refractivity contribution is -0.688. The van der Waals surface area contributed by atoms with Gasteiger partial charge in [-0.1, -0.05) is 33.1 Å². The van der Waals surface area contributed by atoms with Gasteiger partial charge in [-0.3, -0.25) is 14.9 Å². The summed E-state index contributed by atoms with van der Waals surface area (Å²) in [6, 6.07) is 11.1. The number of nitrogens with zero attached hydrogens (tertiary/aromatic N) is 5. The number of hydrogen-bond donors (Lipinski definition) is 4. The second-order valence-electron chi connectivity index (χ2n) is 10.2. The van der Waals surface area contributed by atoms with Crippen molar-refractivity contribution in [3.63, 3.8) is 0 Å². The highest BCUT2D eigenvalue weighted by Crippen LogP contribution is 2.22. The summed E-state index contributed by atoms with van der Waals surface area (Å²) in [4.78, 5) is 50.8. The summed E-state index contributed by atoms with van der Waals surface area (Å²) >= 11 is 0. The molecule has 0 spiro atoms. The predicted octanol–water partition coefficient (Wildman–Crippen LogP) is 4.64. The highest BCUT2D eigenvalue weighted by Gasteiger charge is 2.24. The maximum Gasteiger partial charge on any atom is 0.441 e. The zero-order valence-electron chi connectivity index (χ0n) is 25.3. The zero-order valence-corrected chi connectivity index (χ0v) is 25.3. The molecular weight excluding hydrogens is 566 g/mol. The molecule has 2 aromatic carbocycles. The van der Waals surface area contributed by atoms with E-state index in [4.69, 9.17) is 9.47 Å². The molecule has 0 bridgehead atoms. The number of H-pyrrole nitrogens is 2. The van der Waals surface area contributed by atoms with E-state index in [0.717, 1.165) is 32.1 Å². The van der Waals surface area contributed by atoms with Crippen LogP contribution in [0, 0.1) is 0 Å². The van der Waals surface area contributed by atoms with E-state index in [1.807, 2.05) is 0 Å². The number of amides is 1. The minimum atomic E-state index is -1.35. The molecule has 0 aliphatic heterocycles. The van der Waals surface area contributed by atoms with E-state index < -0.39 is 17.7 Å². The van der Waals surface area contributed by atoms with Crippen LogP contribution in [-0.4, -0.2) is 50.9 Å². The number of benzene rings is 2. The van der Waals surface area contributed by atoms with Crippen LogP contribution in [0.2, 0.25) is 0 Å². The van der Waals surface area contributed by atoms with Gasteiger partial charge in [-0.25, -0.2) is 4.79 Å². The zero-order chi connectivity index (χ0) is 31.5. The number of ether oxygens (including phenoxy) is 2. The molecule has 1 amide bonds. The van der Waals surface area contributed by atoms with Crippen LogP contribution < -0.4 is 30.4 Å². The van der Waals surface area contributed by atoms with E-state index in [-0.39, 0.29) is 5.69 Å². The number of nitrogens with one attached hydrogen (secondary N) is 4. The summed E-state index contributed by atoms with van der Waals surface area (Å²) < 4.78 is 13.5. The largest absolute Gasteiger partial charge is 0.441 e. The summed E-state index contributed by atoms with van der Waals surface area (Å²) in [6.07, 6.45) is 4.96. The number of unbranched alkanes of at least 4 members (excludes halogenated alkanes) is 3. The molecule has 0 aliphatic rings. The molecule has 2 heterocycles. The Labute approximate surface area is 254 Å². The molecule has 1 unspecified atom stereocenters. The lowest BCUT2D eigenvalue weighted by atomic mass is 10.2. The number of Topliss-reactive ketones (excluding diaryl/α,β-unsaturated/α-hetero) is 1.